The average molecular weight is 373 g/mol. The Hall–Kier alpha value is -2.62. The average Bonchev–Trinajstić information content (AvgIpc) is 2.64. The van der Waals surface area contributed by atoms with Crippen molar-refractivity contribution in [3.63, 3.8) is 0 Å². The first-order valence-electron chi connectivity index (χ1n) is 8.73. The van der Waals surface area contributed by atoms with Gasteiger partial charge in [0, 0.05) is 19.0 Å². The molecule has 2 aromatic rings. The predicted molar refractivity (Wildman–Crippen MR) is 103 cm³/mol. The number of rotatable bonds is 8. The maximum atomic E-state index is 14.1. The largest absolute Gasteiger partial charge is 0.412 e. The maximum absolute atomic E-state index is 14.1. The van der Waals surface area contributed by atoms with Crippen LogP contribution in [0, 0.1) is 18.2 Å². The molecule has 0 spiro atoms. The van der Waals surface area contributed by atoms with Crippen LogP contribution in [0.5, 0.6) is 5.75 Å². The number of nitrogens with one attached hydrogen (secondary N) is 1. The van der Waals surface area contributed by atoms with Gasteiger partial charge in [-0.2, -0.15) is 0 Å². The summed E-state index contributed by atoms with van der Waals surface area (Å²) in [5, 5.41) is 4.01. The second-order valence-electron chi connectivity index (χ2n) is 6.25. The number of amides is 1. The van der Waals surface area contributed by atoms with Crippen molar-refractivity contribution in [2.75, 3.05) is 33.5 Å². The zero-order valence-corrected chi connectivity index (χ0v) is 15.8. The lowest BCUT2D eigenvalue weighted by molar-refractivity contribution is 0.0719. The molecule has 0 saturated heterocycles. The molecule has 1 N–H and O–H groups in total. The second kappa shape index (κ2) is 9.91. The minimum Gasteiger partial charge on any atom is -0.410 e. The van der Waals surface area contributed by atoms with Gasteiger partial charge in [-0.05, 0) is 35.1 Å². The van der Waals surface area contributed by atoms with Gasteiger partial charge in [0.1, 0.15) is 11.6 Å². The molecular weight excluding hydrogens is 349 g/mol. The smallest absolute Gasteiger partial charge is 0.410 e. The van der Waals surface area contributed by atoms with Crippen molar-refractivity contribution in [1.82, 2.24) is 5.32 Å². The molecule has 0 aliphatic heterocycles. The van der Waals surface area contributed by atoms with E-state index in [-0.39, 0.29) is 11.5 Å². The summed E-state index contributed by atoms with van der Waals surface area (Å²) in [5.74, 6) is 2.43. The van der Waals surface area contributed by atoms with Crippen LogP contribution in [0.1, 0.15) is 30.9 Å². The Morgan fingerprint density at radius 3 is 2.70 bits per heavy atom. The summed E-state index contributed by atoms with van der Waals surface area (Å²) in [7, 11) is 1.59. The van der Waals surface area contributed by atoms with Gasteiger partial charge in [-0.15, -0.1) is 6.42 Å². The van der Waals surface area contributed by atoms with Crippen LogP contribution >= 0.6 is 0 Å². The molecule has 0 fully saturated rings. The molecule has 0 aliphatic rings. The Balaban J connectivity index is 2.14. The second-order valence-corrected chi connectivity index (χ2v) is 6.25. The van der Waals surface area contributed by atoms with Crippen molar-refractivity contribution in [3.8, 4) is 18.1 Å². The Morgan fingerprint density at radius 1 is 1.26 bits per heavy atom. The lowest BCUT2D eigenvalue weighted by Gasteiger charge is -2.15. The molecule has 27 heavy (non-hydrogen) atoms. The van der Waals surface area contributed by atoms with E-state index in [4.69, 9.17) is 20.6 Å². The van der Waals surface area contributed by atoms with E-state index in [2.05, 4.69) is 11.2 Å². The number of carbonyl (C=O) groups is 1. The fraction of sp³-hybridized carbons (Fsp3) is 0.381. The number of benzene rings is 2. The highest BCUT2D eigenvalue weighted by atomic mass is 19.1. The van der Waals surface area contributed by atoms with Crippen LogP contribution in [0.15, 0.2) is 24.3 Å². The van der Waals surface area contributed by atoms with Crippen LogP contribution in [0.4, 0.5) is 9.18 Å². The Kier molecular flexibility index (Phi) is 7.59. The van der Waals surface area contributed by atoms with Gasteiger partial charge in [0.25, 0.3) is 0 Å². The Bertz CT molecular complexity index is 842. The van der Waals surface area contributed by atoms with Crippen LogP contribution in [0.2, 0.25) is 0 Å². The normalized spacial score (nSPS) is 10.8. The third kappa shape index (κ3) is 5.43. The number of terminal acetylenes is 1. The summed E-state index contributed by atoms with van der Waals surface area (Å²) in [6.45, 7) is 5.59. The quantitative estimate of drug-likeness (QED) is 0.564. The summed E-state index contributed by atoms with van der Waals surface area (Å²) < 4.78 is 29.6. The number of hydrogen-bond donors (Lipinski definition) is 1. The van der Waals surface area contributed by atoms with Gasteiger partial charge < -0.3 is 19.5 Å². The molecular formula is C21H24FNO4. The minimum absolute atomic E-state index is 0.0715. The standard InChI is InChI=1S/C21H24FNO4/c1-5-17-19(22)7-6-15-12-16(13-18(14(2)3)20(15)17)27-21(24)23-8-9-26-11-10-25-4/h1,6-7,12-14H,8-11H2,2-4H3,(H,23,24). The van der Waals surface area contributed by atoms with Gasteiger partial charge in [0.15, 0.2) is 0 Å². The topological polar surface area (TPSA) is 56.8 Å². The first-order valence-corrected chi connectivity index (χ1v) is 8.73. The monoisotopic (exact) mass is 373 g/mol. The number of methoxy groups -OCH3 is 1. The van der Waals surface area contributed by atoms with Crippen molar-refractivity contribution >= 4 is 16.9 Å². The molecule has 2 aromatic carbocycles. The molecule has 0 heterocycles. The van der Waals surface area contributed by atoms with Crippen molar-refractivity contribution in [1.29, 1.82) is 0 Å². The van der Waals surface area contributed by atoms with E-state index >= 15 is 0 Å². The molecule has 0 aliphatic carbocycles. The van der Waals surface area contributed by atoms with Gasteiger partial charge in [-0.3, -0.25) is 0 Å². The Morgan fingerprint density at radius 2 is 2.04 bits per heavy atom. The molecule has 0 radical (unpaired) electrons. The van der Waals surface area contributed by atoms with Gasteiger partial charge in [-0.25, -0.2) is 9.18 Å². The molecule has 0 bridgehead atoms. The molecule has 1 amide bonds. The summed E-state index contributed by atoms with van der Waals surface area (Å²) in [4.78, 5) is 12.0. The predicted octanol–water partition coefficient (Wildman–Crippen LogP) is 3.84. The number of carbonyl (C=O) groups excluding carboxylic acids is 1. The Labute approximate surface area is 158 Å². The third-order valence-electron chi connectivity index (χ3n) is 4.00. The molecule has 0 unspecified atom stereocenters. The van der Waals surface area contributed by atoms with Gasteiger partial charge >= 0.3 is 6.09 Å². The van der Waals surface area contributed by atoms with E-state index in [0.717, 1.165) is 10.9 Å². The fourth-order valence-electron chi connectivity index (χ4n) is 2.71. The fourth-order valence-corrected chi connectivity index (χ4v) is 2.71. The lowest BCUT2D eigenvalue weighted by Crippen LogP contribution is -2.30. The zero-order valence-electron chi connectivity index (χ0n) is 15.8. The summed E-state index contributed by atoms with van der Waals surface area (Å²) in [6.07, 6.45) is 4.91. The van der Waals surface area contributed by atoms with Crippen LogP contribution in [0.25, 0.3) is 10.8 Å². The van der Waals surface area contributed by atoms with E-state index in [1.165, 1.54) is 6.07 Å². The number of halogens is 1. The highest BCUT2D eigenvalue weighted by Gasteiger charge is 2.15. The van der Waals surface area contributed by atoms with Crippen molar-refractivity contribution < 1.29 is 23.4 Å². The maximum Gasteiger partial charge on any atom is 0.412 e. The molecule has 6 heteroatoms. The van der Waals surface area contributed by atoms with E-state index in [0.29, 0.717) is 37.5 Å². The van der Waals surface area contributed by atoms with E-state index in [1.807, 2.05) is 13.8 Å². The number of fused-ring (bicyclic) bond motifs is 1. The van der Waals surface area contributed by atoms with Gasteiger partial charge in [0.05, 0.1) is 25.4 Å². The van der Waals surface area contributed by atoms with Crippen molar-refractivity contribution in [3.05, 3.63) is 41.2 Å². The highest BCUT2D eigenvalue weighted by Crippen LogP contribution is 2.33. The number of hydrogen-bond acceptors (Lipinski definition) is 4. The minimum atomic E-state index is -0.585. The van der Waals surface area contributed by atoms with Crippen LogP contribution in [0.3, 0.4) is 0 Å². The highest BCUT2D eigenvalue weighted by molar-refractivity contribution is 5.93. The first kappa shape index (κ1) is 20.7. The van der Waals surface area contributed by atoms with Crippen LogP contribution < -0.4 is 10.1 Å². The molecule has 5 nitrogen and oxygen atoms in total. The van der Waals surface area contributed by atoms with Crippen LogP contribution in [-0.4, -0.2) is 39.6 Å². The van der Waals surface area contributed by atoms with Crippen molar-refractivity contribution in [2.45, 2.75) is 19.8 Å². The molecule has 0 aromatic heterocycles. The molecule has 2 rings (SSSR count). The SMILES string of the molecule is C#Cc1c(F)ccc2cc(OC(=O)NCCOCCOC)cc(C(C)C)c12. The molecule has 144 valence electrons. The zero-order chi connectivity index (χ0) is 19.8. The van der Waals surface area contributed by atoms with E-state index < -0.39 is 11.9 Å². The van der Waals surface area contributed by atoms with E-state index in [1.54, 1.807) is 25.3 Å². The summed E-state index contributed by atoms with van der Waals surface area (Å²) >= 11 is 0. The molecule has 0 atom stereocenters. The van der Waals surface area contributed by atoms with E-state index in [9.17, 15) is 9.18 Å². The van der Waals surface area contributed by atoms with Gasteiger partial charge in [-0.1, -0.05) is 25.8 Å². The van der Waals surface area contributed by atoms with Crippen LogP contribution in [-0.2, 0) is 9.47 Å². The first-order chi connectivity index (χ1) is 13.0. The lowest BCUT2D eigenvalue weighted by atomic mass is 9.92. The van der Waals surface area contributed by atoms with Crippen molar-refractivity contribution in [2.24, 2.45) is 0 Å². The number of ether oxygens (including phenoxy) is 3. The third-order valence-corrected chi connectivity index (χ3v) is 4.00. The molecule has 0 saturated carbocycles. The summed E-state index contributed by atoms with van der Waals surface area (Å²) in [5.41, 5.74) is 1.05. The summed E-state index contributed by atoms with van der Waals surface area (Å²) in [6, 6.07) is 6.35. The van der Waals surface area contributed by atoms with Gasteiger partial charge in [0.2, 0.25) is 0 Å².